The molecule has 0 aliphatic carbocycles. The number of amides is 2. The van der Waals surface area contributed by atoms with Crippen LogP contribution in [-0.4, -0.2) is 6.03 Å². The molecule has 1 aromatic rings. The molecule has 2 N–H and O–H groups in total. The third kappa shape index (κ3) is 1.66. The summed E-state index contributed by atoms with van der Waals surface area (Å²) in [7, 11) is 0. The summed E-state index contributed by atoms with van der Waals surface area (Å²) < 4.78 is 0. The van der Waals surface area contributed by atoms with Crippen molar-refractivity contribution in [1.29, 1.82) is 0 Å². The molecule has 1 fully saturated rings. The number of hydrazine groups is 2. The van der Waals surface area contributed by atoms with Gasteiger partial charge in [0, 0.05) is 5.02 Å². The minimum Gasteiger partial charge on any atom is -0.243 e. The lowest BCUT2D eigenvalue weighted by molar-refractivity contribution is 0.246. The first-order chi connectivity index (χ1) is 6.25. The number of nitrogens with zero attached hydrogens (tertiary/aromatic N) is 2. The first-order valence-electron chi connectivity index (χ1n) is 3.58. The second-order valence-corrected chi connectivity index (χ2v) is 2.88. The summed E-state index contributed by atoms with van der Waals surface area (Å²) in [6.07, 6.45) is 0. The lowest BCUT2D eigenvalue weighted by Gasteiger charge is -2.14. The molecule has 67 valence electrons. The number of carbonyl (C=O) groups excluding carboxylic acids is 1. The van der Waals surface area contributed by atoms with Crippen LogP contribution in [0.1, 0.15) is 0 Å². The fourth-order valence-corrected chi connectivity index (χ4v) is 1.16. The van der Waals surface area contributed by atoms with Crippen molar-refractivity contribution in [2.24, 2.45) is 0 Å². The molecule has 13 heavy (non-hydrogen) atoms. The van der Waals surface area contributed by atoms with Gasteiger partial charge in [0.1, 0.15) is 0 Å². The van der Waals surface area contributed by atoms with E-state index in [0.717, 1.165) is 5.69 Å². The predicted molar refractivity (Wildman–Crippen MR) is 47.7 cm³/mol. The SMILES string of the molecule is O=C1[N]NN(c2cccc(Cl)c2)N1. The van der Waals surface area contributed by atoms with Gasteiger partial charge in [-0.05, 0) is 18.2 Å². The molecule has 5 nitrogen and oxygen atoms in total. The van der Waals surface area contributed by atoms with Crippen LogP contribution < -0.4 is 21.5 Å². The average molecular weight is 198 g/mol. The van der Waals surface area contributed by atoms with Crippen LogP contribution in [0.15, 0.2) is 24.3 Å². The highest BCUT2D eigenvalue weighted by atomic mass is 35.5. The van der Waals surface area contributed by atoms with Crippen molar-refractivity contribution in [1.82, 2.24) is 16.4 Å². The molecular weight excluding hydrogens is 192 g/mol. The second-order valence-electron chi connectivity index (χ2n) is 2.44. The Labute approximate surface area is 79.6 Å². The van der Waals surface area contributed by atoms with Gasteiger partial charge < -0.3 is 0 Å². The molecule has 0 aromatic heterocycles. The Bertz CT molecular complexity index is 343. The summed E-state index contributed by atoms with van der Waals surface area (Å²) in [5.41, 5.74) is 9.07. The van der Waals surface area contributed by atoms with Crippen LogP contribution >= 0.6 is 11.6 Å². The summed E-state index contributed by atoms with van der Waals surface area (Å²) >= 11 is 5.76. The molecule has 6 heteroatoms. The summed E-state index contributed by atoms with van der Waals surface area (Å²) in [6.45, 7) is 0. The van der Waals surface area contributed by atoms with E-state index >= 15 is 0 Å². The van der Waals surface area contributed by atoms with Crippen molar-refractivity contribution in [2.75, 3.05) is 5.12 Å². The molecule has 0 bridgehead atoms. The normalized spacial score (nSPS) is 15.5. The molecule has 1 aromatic carbocycles. The van der Waals surface area contributed by atoms with Crippen molar-refractivity contribution in [3.05, 3.63) is 29.3 Å². The molecule has 1 radical (unpaired) electrons. The highest BCUT2D eigenvalue weighted by Gasteiger charge is 2.19. The maximum Gasteiger partial charge on any atom is 0.374 e. The van der Waals surface area contributed by atoms with Crippen LogP contribution in [0.25, 0.3) is 0 Å². The highest BCUT2D eigenvalue weighted by molar-refractivity contribution is 6.30. The number of halogens is 1. The Hall–Kier alpha value is -1.46. The van der Waals surface area contributed by atoms with Gasteiger partial charge in [0.05, 0.1) is 5.69 Å². The third-order valence-corrected chi connectivity index (χ3v) is 1.76. The standard InChI is InChI=1S/C7H6ClN4O/c8-5-2-1-3-6(4-5)12-10-7(13)9-11-12/h1-4,11H,(H,10,13). The molecule has 1 heterocycles. The van der Waals surface area contributed by atoms with E-state index in [9.17, 15) is 4.79 Å². The van der Waals surface area contributed by atoms with Gasteiger partial charge in [0.15, 0.2) is 0 Å². The van der Waals surface area contributed by atoms with E-state index in [1.54, 1.807) is 24.3 Å². The summed E-state index contributed by atoms with van der Waals surface area (Å²) in [5.74, 6) is 0. The Morgan fingerprint density at radius 1 is 1.46 bits per heavy atom. The van der Waals surface area contributed by atoms with Crippen LogP contribution in [-0.2, 0) is 0 Å². The average Bonchev–Trinajstić information content (AvgIpc) is 2.52. The zero-order chi connectivity index (χ0) is 9.26. The number of rotatable bonds is 1. The van der Waals surface area contributed by atoms with Gasteiger partial charge in [-0.1, -0.05) is 23.2 Å². The monoisotopic (exact) mass is 197 g/mol. The second kappa shape index (κ2) is 3.12. The van der Waals surface area contributed by atoms with Gasteiger partial charge >= 0.3 is 6.03 Å². The molecule has 2 rings (SSSR count). The van der Waals surface area contributed by atoms with Crippen molar-refractivity contribution < 1.29 is 4.79 Å². The molecule has 0 spiro atoms. The molecular formula is C7H6ClN4O. The van der Waals surface area contributed by atoms with Crippen LogP contribution in [0.2, 0.25) is 5.02 Å². The summed E-state index contributed by atoms with van der Waals surface area (Å²) in [6, 6.07) is 6.60. The van der Waals surface area contributed by atoms with Gasteiger partial charge in [-0.2, -0.15) is 5.12 Å². The molecule has 1 aliphatic heterocycles. The number of hydrogen-bond donors (Lipinski definition) is 2. The maximum atomic E-state index is 10.7. The fourth-order valence-electron chi connectivity index (χ4n) is 0.979. The molecule has 0 unspecified atom stereocenters. The number of carbonyl (C=O) groups is 1. The van der Waals surface area contributed by atoms with Crippen molar-refractivity contribution >= 4 is 23.3 Å². The van der Waals surface area contributed by atoms with Crippen molar-refractivity contribution in [3.8, 4) is 0 Å². The van der Waals surface area contributed by atoms with E-state index in [0.29, 0.717) is 5.02 Å². The van der Waals surface area contributed by atoms with E-state index in [4.69, 9.17) is 11.6 Å². The number of hydrogen-bond acceptors (Lipinski definition) is 3. The van der Waals surface area contributed by atoms with Gasteiger partial charge in [0.2, 0.25) is 0 Å². The zero-order valence-corrected chi connectivity index (χ0v) is 7.25. The number of urea groups is 1. The van der Waals surface area contributed by atoms with Gasteiger partial charge in [-0.15, -0.1) is 5.43 Å². The Kier molecular flexibility index (Phi) is 1.96. The van der Waals surface area contributed by atoms with Crippen LogP contribution in [0.5, 0.6) is 0 Å². The van der Waals surface area contributed by atoms with Gasteiger partial charge in [-0.3, -0.25) is 0 Å². The maximum absolute atomic E-state index is 10.7. The van der Waals surface area contributed by atoms with E-state index in [1.165, 1.54) is 5.12 Å². The molecule has 2 amide bonds. The third-order valence-electron chi connectivity index (χ3n) is 1.53. The van der Waals surface area contributed by atoms with E-state index in [2.05, 4.69) is 16.4 Å². The van der Waals surface area contributed by atoms with Crippen molar-refractivity contribution in [2.45, 2.75) is 0 Å². The Morgan fingerprint density at radius 2 is 2.31 bits per heavy atom. The Morgan fingerprint density at radius 3 is 2.92 bits per heavy atom. The van der Waals surface area contributed by atoms with E-state index < -0.39 is 6.03 Å². The van der Waals surface area contributed by atoms with E-state index in [-0.39, 0.29) is 0 Å². The molecule has 1 aliphatic rings. The fraction of sp³-hybridized carbons (Fsp3) is 0. The summed E-state index contributed by atoms with van der Waals surface area (Å²) in [5, 5.41) is 1.98. The Balaban J connectivity index is 2.21. The minimum absolute atomic E-state index is 0.431. The van der Waals surface area contributed by atoms with E-state index in [1.807, 2.05) is 0 Å². The first-order valence-corrected chi connectivity index (χ1v) is 3.96. The summed E-state index contributed by atoms with van der Waals surface area (Å²) in [4.78, 5) is 10.7. The topological polar surface area (TPSA) is 58.5 Å². The minimum atomic E-state index is -0.431. The number of anilines is 1. The number of nitrogens with one attached hydrogen (secondary N) is 2. The van der Waals surface area contributed by atoms with Crippen LogP contribution in [0, 0.1) is 0 Å². The molecule has 1 saturated heterocycles. The van der Waals surface area contributed by atoms with Crippen LogP contribution in [0.3, 0.4) is 0 Å². The van der Waals surface area contributed by atoms with Gasteiger partial charge in [0.25, 0.3) is 0 Å². The van der Waals surface area contributed by atoms with Crippen LogP contribution in [0.4, 0.5) is 10.5 Å². The predicted octanol–water partition coefficient (Wildman–Crippen LogP) is 0.809. The number of benzene rings is 1. The van der Waals surface area contributed by atoms with Gasteiger partial charge in [-0.25, -0.2) is 10.2 Å². The first kappa shape index (κ1) is 8.15. The highest BCUT2D eigenvalue weighted by Crippen LogP contribution is 2.17. The quantitative estimate of drug-likeness (QED) is 0.701. The largest absolute Gasteiger partial charge is 0.374 e. The smallest absolute Gasteiger partial charge is 0.243 e. The lowest BCUT2D eigenvalue weighted by atomic mass is 10.3. The zero-order valence-electron chi connectivity index (χ0n) is 6.49. The molecule has 0 saturated carbocycles. The lowest BCUT2D eigenvalue weighted by Crippen LogP contribution is -2.39. The molecule has 0 atom stereocenters. The van der Waals surface area contributed by atoms with Crippen molar-refractivity contribution in [3.63, 3.8) is 0 Å².